The van der Waals surface area contributed by atoms with Gasteiger partial charge in [0.05, 0.1) is 18.5 Å². The Morgan fingerprint density at radius 2 is 1.88 bits per heavy atom. The van der Waals surface area contributed by atoms with Crippen molar-refractivity contribution >= 4 is 9.84 Å². The lowest BCUT2D eigenvalue weighted by atomic mass is 10.2. The Balaban J connectivity index is 3.92. The van der Waals surface area contributed by atoms with Gasteiger partial charge in [-0.05, 0) is 33.2 Å². The third kappa shape index (κ3) is 9.56. The second-order valence-electron chi connectivity index (χ2n) is 4.52. The number of likely N-dealkylation sites (N-methyl/N-ethyl adjacent to an activating group) is 1. The van der Waals surface area contributed by atoms with E-state index in [0.29, 0.717) is 13.0 Å². The Hall–Kier alpha value is -0.130. The maximum Gasteiger partial charge on any atom is 0.150 e. The Labute approximate surface area is 106 Å². The predicted molar refractivity (Wildman–Crippen MR) is 72.1 cm³/mol. The molecule has 0 fully saturated rings. The molecular weight excluding hydrogens is 238 g/mol. The van der Waals surface area contributed by atoms with Crippen molar-refractivity contribution in [1.29, 1.82) is 0 Å². The summed E-state index contributed by atoms with van der Waals surface area (Å²) in [7, 11) is -2.83. The van der Waals surface area contributed by atoms with Crippen LogP contribution in [0.1, 0.15) is 40.5 Å². The maximum absolute atomic E-state index is 11.4. The SMILES string of the molecule is CCNC(CCCS(=O)(=O)CC)COC(C)C. The molecule has 0 aliphatic rings. The molecule has 4 nitrogen and oxygen atoms in total. The first kappa shape index (κ1) is 16.9. The highest BCUT2D eigenvalue weighted by Gasteiger charge is 2.12. The zero-order chi connectivity index (χ0) is 13.3. The highest BCUT2D eigenvalue weighted by atomic mass is 32.2. The molecule has 0 bridgehead atoms. The Kier molecular flexibility index (Phi) is 8.82. The Bertz CT molecular complexity index is 275. The molecule has 17 heavy (non-hydrogen) atoms. The van der Waals surface area contributed by atoms with Crippen LogP contribution in [-0.2, 0) is 14.6 Å². The van der Waals surface area contributed by atoms with E-state index in [0.717, 1.165) is 13.0 Å². The third-order valence-corrected chi connectivity index (χ3v) is 4.36. The smallest absolute Gasteiger partial charge is 0.150 e. The molecule has 1 unspecified atom stereocenters. The van der Waals surface area contributed by atoms with Gasteiger partial charge in [0.15, 0.2) is 0 Å². The van der Waals surface area contributed by atoms with E-state index in [4.69, 9.17) is 4.74 Å². The molecule has 0 saturated heterocycles. The van der Waals surface area contributed by atoms with E-state index >= 15 is 0 Å². The first-order valence-corrected chi connectivity index (χ1v) is 8.28. The summed E-state index contributed by atoms with van der Waals surface area (Å²) in [5.74, 6) is 0.522. The number of hydrogen-bond acceptors (Lipinski definition) is 4. The highest BCUT2D eigenvalue weighted by Crippen LogP contribution is 2.03. The van der Waals surface area contributed by atoms with Gasteiger partial charge in [0, 0.05) is 11.8 Å². The van der Waals surface area contributed by atoms with Crippen molar-refractivity contribution in [2.24, 2.45) is 0 Å². The Morgan fingerprint density at radius 1 is 1.24 bits per heavy atom. The van der Waals surface area contributed by atoms with Crippen molar-refractivity contribution in [3.8, 4) is 0 Å². The van der Waals surface area contributed by atoms with Gasteiger partial charge in [0.1, 0.15) is 9.84 Å². The van der Waals surface area contributed by atoms with Crippen LogP contribution in [0.25, 0.3) is 0 Å². The van der Waals surface area contributed by atoms with E-state index in [1.807, 2.05) is 20.8 Å². The van der Waals surface area contributed by atoms with Gasteiger partial charge < -0.3 is 10.1 Å². The largest absolute Gasteiger partial charge is 0.377 e. The van der Waals surface area contributed by atoms with E-state index in [1.54, 1.807) is 6.92 Å². The second-order valence-corrected chi connectivity index (χ2v) is 6.99. The first-order valence-electron chi connectivity index (χ1n) is 6.46. The molecule has 0 spiro atoms. The lowest BCUT2D eigenvalue weighted by Crippen LogP contribution is -2.34. The first-order chi connectivity index (χ1) is 7.91. The van der Waals surface area contributed by atoms with Crippen LogP contribution < -0.4 is 5.32 Å². The summed E-state index contributed by atoms with van der Waals surface area (Å²) in [6, 6.07) is 0.259. The molecular formula is C12H27NO3S. The third-order valence-electron chi connectivity index (χ3n) is 2.57. The van der Waals surface area contributed by atoms with E-state index in [-0.39, 0.29) is 23.7 Å². The average Bonchev–Trinajstić information content (AvgIpc) is 2.25. The van der Waals surface area contributed by atoms with E-state index in [9.17, 15) is 8.42 Å². The molecule has 0 radical (unpaired) electrons. The summed E-state index contributed by atoms with van der Waals surface area (Å²) in [5.41, 5.74) is 0. The monoisotopic (exact) mass is 265 g/mol. The lowest BCUT2D eigenvalue weighted by molar-refractivity contribution is 0.0598. The molecule has 0 saturated carbocycles. The summed E-state index contributed by atoms with van der Waals surface area (Å²) in [6.45, 7) is 9.28. The maximum atomic E-state index is 11.4. The van der Waals surface area contributed by atoms with Gasteiger partial charge in [0.25, 0.3) is 0 Å². The van der Waals surface area contributed by atoms with Crippen LogP contribution in [0, 0.1) is 0 Å². The van der Waals surface area contributed by atoms with Gasteiger partial charge in [-0.2, -0.15) is 0 Å². The fourth-order valence-corrected chi connectivity index (χ4v) is 2.43. The van der Waals surface area contributed by atoms with Crippen molar-refractivity contribution in [3.05, 3.63) is 0 Å². The van der Waals surface area contributed by atoms with Crippen LogP contribution >= 0.6 is 0 Å². The minimum Gasteiger partial charge on any atom is -0.377 e. The normalized spacial score (nSPS) is 14.2. The van der Waals surface area contributed by atoms with Crippen LogP contribution in [0.15, 0.2) is 0 Å². The van der Waals surface area contributed by atoms with Crippen molar-refractivity contribution in [3.63, 3.8) is 0 Å². The number of rotatable bonds is 10. The molecule has 0 aliphatic heterocycles. The molecule has 104 valence electrons. The zero-order valence-corrected chi connectivity index (χ0v) is 12.3. The summed E-state index contributed by atoms with van der Waals surface area (Å²) in [5, 5.41) is 3.32. The van der Waals surface area contributed by atoms with E-state index in [2.05, 4.69) is 5.32 Å². The van der Waals surface area contributed by atoms with E-state index in [1.165, 1.54) is 0 Å². The van der Waals surface area contributed by atoms with Crippen molar-refractivity contribution < 1.29 is 13.2 Å². The van der Waals surface area contributed by atoms with Crippen LogP contribution in [0.5, 0.6) is 0 Å². The topological polar surface area (TPSA) is 55.4 Å². The van der Waals surface area contributed by atoms with Gasteiger partial charge in [-0.15, -0.1) is 0 Å². The predicted octanol–water partition coefficient (Wildman–Crippen LogP) is 1.60. The van der Waals surface area contributed by atoms with Crippen LogP contribution in [0.4, 0.5) is 0 Å². The molecule has 5 heteroatoms. The quantitative estimate of drug-likeness (QED) is 0.652. The molecule has 0 amide bonds. The summed E-state index contributed by atoms with van der Waals surface area (Å²) in [6.07, 6.45) is 1.77. The fraction of sp³-hybridized carbons (Fsp3) is 1.00. The standard InChI is InChI=1S/C12H27NO3S/c1-5-13-12(10-16-11(3)4)8-7-9-17(14,15)6-2/h11-13H,5-10H2,1-4H3. The van der Waals surface area contributed by atoms with Gasteiger partial charge >= 0.3 is 0 Å². The highest BCUT2D eigenvalue weighted by molar-refractivity contribution is 7.91. The number of ether oxygens (including phenoxy) is 1. The Morgan fingerprint density at radius 3 is 2.35 bits per heavy atom. The van der Waals surface area contributed by atoms with Crippen LogP contribution in [0.2, 0.25) is 0 Å². The molecule has 1 atom stereocenters. The molecule has 0 aromatic rings. The molecule has 0 aliphatic carbocycles. The summed E-state index contributed by atoms with van der Waals surface area (Å²) in [4.78, 5) is 0. The summed E-state index contributed by atoms with van der Waals surface area (Å²) < 4.78 is 28.3. The van der Waals surface area contributed by atoms with Crippen LogP contribution in [-0.4, -0.2) is 45.2 Å². The second kappa shape index (κ2) is 8.89. The minimum atomic E-state index is -2.83. The van der Waals surface area contributed by atoms with Gasteiger partial charge in [-0.25, -0.2) is 8.42 Å². The lowest BCUT2D eigenvalue weighted by Gasteiger charge is -2.19. The number of nitrogens with one attached hydrogen (secondary N) is 1. The molecule has 0 aromatic carbocycles. The molecule has 0 rings (SSSR count). The molecule has 0 aromatic heterocycles. The molecule has 0 heterocycles. The van der Waals surface area contributed by atoms with Crippen molar-refractivity contribution in [2.45, 2.75) is 52.7 Å². The zero-order valence-electron chi connectivity index (χ0n) is 11.5. The van der Waals surface area contributed by atoms with Gasteiger partial charge in [-0.1, -0.05) is 13.8 Å². The van der Waals surface area contributed by atoms with Crippen molar-refractivity contribution in [2.75, 3.05) is 24.7 Å². The average molecular weight is 265 g/mol. The fourth-order valence-electron chi connectivity index (χ4n) is 1.54. The molecule has 1 N–H and O–H groups in total. The van der Waals surface area contributed by atoms with Crippen LogP contribution in [0.3, 0.4) is 0 Å². The van der Waals surface area contributed by atoms with Gasteiger partial charge in [0.2, 0.25) is 0 Å². The van der Waals surface area contributed by atoms with E-state index < -0.39 is 9.84 Å². The minimum absolute atomic E-state index is 0.218. The van der Waals surface area contributed by atoms with Crippen molar-refractivity contribution in [1.82, 2.24) is 5.32 Å². The van der Waals surface area contributed by atoms with Gasteiger partial charge in [-0.3, -0.25) is 0 Å². The number of hydrogen-bond donors (Lipinski definition) is 1. The summed E-state index contributed by atoms with van der Waals surface area (Å²) >= 11 is 0. The number of sulfone groups is 1.